The average molecular weight is 347 g/mol. The quantitative estimate of drug-likeness (QED) is 0.444. The molecule has 0 amide bonds. The number of ether oxygens (including phenoxy) is 1. The van der Waals surface area contributed by atoms with Crippen LogP contribution in [0.15, 0.2) is 40.8 Å². The number of carbonyl (C=O) groups is 1. The Labute approximate surface area is 142 Å². The van der Waals surface area contributed by atoms with Crippen molar-refractivity contribution in [2.45, 2.75) is 19.3 Å². The fraction of sp³-hybridized carbons (Fsp3) is 0.167. The second kappa shape index (κ2) is 4.76. The molecular formula is C18H12Cl2O3. The van der Waals surface area contributed by atoms with E-state index in [2.05, 4.69) is 0 Å². The van der Waals surface area contributed by atoms with Gasteiger partial charge in [-0.1, -0.05) is 23.2 Å². The van der Waals surface area contributed by atoms with Gasteiger partial charge in [-0.2, -0.15) is 0 Å². The van der Waals surface area contributed by atoms with Crippen molar-refractivity contribution in [3.8, 4) is 5.75 Å². The molecule has 0 N–H and O–H groups in total. The van der Waals surface area contributed by atoms with E-state index in [0.29, 0.717) is 32.7 Å². The van der Waals surface area contributed by atoms with Crippen LogP contribution in [0.5, 0.6) is 5.75 Å². The first-order valence-electron chi connectivity index (χ1n) is 7.12. The molecule has 1 atom stereocenters. The van der Waals surface area contributed by atoms with Crippen molar-refractivity contribution in [3.63, 3.8) is 0 Å². The van der Waals surface area contributed by atoms with Crippen molar-refractivity contribution in [1.29, 1.82) is 0 Å². The fourth-order valence-electron chi connectivity index (χ4n) is 3.18. The smallest absolute Gasteiger partial charge is 0.329 e. The van der Waals surface area contributed by atoms with Crippen molar-refractivity contribution in [2.24, 2.45) is 0 Å². The van der Waals surface area contributed by atoms with Crippen molar-refractivity contribution < 1.29 is 13.9 Å². The molecule has 0 bridgehead atoms. The molecule has 23 heavy (non-hydrogen) atoms. The topological polar surface area (TPSA) is 39.4 Å². The van der Waals surface area contributed by atoms with Crippen molar-refractivity contribution in [3.05, 3.63) is 63.3 Å². The van der Waals surface area contributed by atoms with Gasteiger partial charge in [-0.25, -0.2) is 0 Å². The van der Waals surface area contributed by atoms with E-state index < -0.39 is 5.41 Å². The van der Waals surface area contributed by atoms with Crippen LogP contribution >= 0.6 is 23.2 Å². The maximum atomic E-state index is 12.6. The number of esters is 1. The van der Waals surface area contributed by atoms with Gasteiger partial charge in [0.2, 0.25) is 0 Å². The highest BCUT2D eigenvalue weighted by Crippen LogP contribution is 2.48. The summed E-state index contributed by atoms with van der Waals surface area (Å²) in [6.45, 7) is 3.71. The molecule has 3 aromatic rings. The standard InChI is InChI=1S/C18H12Cl2O3/c1-9-12-7-10(19)3-5-14(12)22-16(9)18(2)13-8-11(20)4-6-15(13)23-17(18)21/h3-8H,1-2H3. The van der Waals surface area contributed by atoms with Gasteiger partial charge < -0.3 is 9.15 Å². The second-order valence-corrected chi connectivity index (χ2v) is 6.72. The molecule has 0 aliphatic carbocycles. The molecule has 1 aliphatic rings. The van der Waals surface area contributed by atoms with Gasteiger partial charge in [-0.15, -0.1) is 0 Å². The fourth-order valence-corrected chi connectivity index (χ4v) is 3.52. The highest BCUT2D eigenvalue weighted by molar-refractivity contribution is 6.31. The lowest BCUT2D eigenvalue weighted by molar-refractivity contribution is -0.136. The lowest BCUT2D eigenvalue weighted by atomic mass is 9.80. The van der Waals surface area contributed by atoms with Crippen LogP contribution in [0.25, 0.3) is 11.0 Å². The Morgan fingerprint density at radius 3 is 2.52 bits per heavy atom. The molecule has 1 aliphatic heterocycles. The molecule has 0 spiro atoms. The van der Waals surface area contributed by atoms with Crippen molar-refractivity contribution in [1.82, 2.24) is 0 Å². The Morgan fingerprint density at radius 2 is 1.74 bits per heavy atom. The molecule has 5 heteroatoms. The van der Waals surface area contributed by atoms with E-state index in [-0.39, 0.29) is 5.97 Å². The van der Waals surface area contributed by atoms with Crippen molar-refractivity contribution in [2.75, 3.05) is 0 Å². The summed E-state index contributed by atoms with van der Waals surface area (Å²) in [4.78, 5) is 12.6. The van der Waals surface area contributed by atoms with Crippen LogP contribution < -0.4 is 4.74 Å². The Morgan fingerprint density at radius 1 is 1.04 bits per heavy atom. The first-order chi connectivity index (χ1) is 10.9. The Kier molecular flexibility index (Phi) is 3.03. The third-order valence-electron chi connectivity index (χ3n) is 4.44. The second-order valence-electron chi connectivity index (χ2n) is 5.85. The summed E-state index contributed by atoms with van der Waals surface area (Å²) in [6, 6.07) is 10.6. The van der Waals surface area contributed by atoms with E-state index in [1.54, 1.807) is 37.3 Å². The molecule has 0 radical (unpaired) electrons. The lowest BCUT2D eigenvalue weighted by Gasteiger charge is -2.19. The predicted molar refractivity (Wildman–Crippen MR) is 89.5 cm³/mol. The molecule has 1 unspecified atom stereocenters. The number of rotatable bonds is 1. The zero-order valence-corrected chi connectivity index (χ0v) is 14.0. The van der Waals surface area contributed by atoms with Crippen LogP contribution in [0.4, 0.5) is 0 Å². The third kappa shape index (κ3) is 1.93. The van der Waals surface area contributed by atoms with Gasteiger partial charge in [0.05, 0.1) is 0 Å². The maximum absolute atomic E-state index is 12.6. The normalized spacial score (nSPS) is 19.9. The number of furan rings is 1. The minimum absolute atomic E-state index is 0.372. The summed E-state index contributed by atoms with van der Waals surface area (Å²) < 4.78 is 11.4. The number of fused-ring (bicyclic) bond motifs is 2. The van der Waals surface area contributed by atoms with Crippen LogP contribution in [0.1, 0.15) is 23.8 Å². The molecule has 0 saturated carbocycles. The van der Waals surface area contributed by atoms with Crippen LogP contribution in [0.2, 0.25) is 10.0 Å². The number of hydrogen-bond acceptors (Lipinski definition) is 3. The highest BCUT2D eigenvalue weighted by Gasteiger charge is 2.50. The molecule has 0 fully saturated rings. The minimum atomic E-state index is -1.03. The van der Waals surface area contributed by atoms with Gasteiger partial charge in [-0.05, 0) is 55.8 Å². The van der Waals surface area contributed by atoms with Gasteiger partial charge >= 0.3 is 5.97 Å². The van der Waals surface area contributed by atoms with Crippen molar-refractivity contribution >= 4 is 40.1 Å². The lowest BCUT2D eigenvalue weighted by Crippen LogP contribution is -2.31. The molecule has 4 rings (SSSR count). The molecule has 116 valence electrons. The third-order valence-corrected chi connectivity index (χ3v) is 4.91. The van der Waals surface area contributed by atoms with Gasteiger partial charge in [0.1, 0.15) is 17.1 Å². The Bertz CT molecular complexity index is 974. The molecule has 1 aromatic heterocycles. The summed E-state index contributed by atoms with van der Waals surface area (Å²) in [5, 5.41) is 2.05. The number of hydrogen-bond donors (Lipinski definition) is 0. The summed E-state index contributed by atoms with van der Waals surface area (Å²) in [7, 11) is 0. The Balaban J connectivity index is 2.02. The van der Waals surface area contributed by atoms with Crippen LogP contribution in [0, 0.1) is 6.92 Å². The maximum Gasteiger partial charge on any atom is 0.329 e. The van der Waals surface area contributed by atoms with Gasteiger partial charge in [-0.3, -0.25) is 4.79 Å². The van der Waals surface area contributed by atoms with Gasteiger partial charge in [0.15, 0.2) is 5.41 Å². The molecule has 2 aromatic carbocycles. The summed E-state index contributed by atoms with van der Waals surface area (Å²) in [6.07, 6.45) is 0. The van der Waals surface area contributed by atoms with E-state index in [0.717, 1.165) is 10.9 Å². The molecule has 3 nitrogen and oxygen atoms in total. The molecule has 2 heterocycles. The van der Waals surface area contributed by atoms with E-state index in [4.69, 9.17) is 32.4 Å². The Hall–Kier alpha value is -1.97. The largest absolute Gasteiger partial charge is 0.459 e. The monoisotopic (exact) mass is 346 g/mol. The van der Waals surface area contributed by atoms with Crippen LogP contribution in [0.3, 0.4) is 0 Å². The van der Waals surface area contributed by atoms with E-state index in [1.807, 2.05) is 13.0 Å². The van der Waals surface area contributed by atoms with E-state index in [9.17, 15) is 4.79 Å². The minimum Gasteiger partial charge on any atom is -0.459 e. The number of benzene rings is 2. The summed E-state index contributed by atoms with van der Waals surface area (Å²) in [5.74, 6) is 0.698. The van der Waals surface area contributed by atoms with Gasteiger partial charge in [0.25, 0.3) is 0 Å². The number of aryl methyl sites for hydroxylation is 1. The molecule has 0 saturated heterocycles. The first-order valence-corrected chi connectivity index (χ1v) is 7.88. The zero-order chi connectivity index (χ0) is 16.4. The van der Waals surface area contributed by atoms with Gasteiger partial charge in [0, 0.05) is 21.0 Å². The number of carbonyl (C=O) groups excluding carboxylic acids is 1. The average Bonchev–Trinajstić information content (AvgIpc) is 2.97. The predicted octanol–water partition coefficient (Wildman–Crippen LogP) is 5.27. The van der Waals surface area contributed by atoms with Crippen LogP contribution in [-0.2, 0) is 10.2 Å². The number of halogens is 2. The summed E-state index contributed by atoms with van der Waals surface area (Å²) >= 11 is 12.2. The van der Waals surface area contributed by atoms with E-state index in [1.165, 1.54) is 0 Å². The highest BCUT2D eigenvalue weighted by atomic mass is 35.5. The van der Waals surface area contributed by atoms with Crippen LogP contribution in [-0.4, -0.2) is 5.97 Å². The SMILES string of the molecule is Cc1c(C2(C)C(=O)Oc3ccc(Cl)cc32)oc2ccc(Cl)cc12. The van der Waals surface area contributed by atoms with E-state index >= 15 is 0 Å². The first kappa shape index (κ1) is 14.6. The summed E-state index contributed by atoms with van der Waals surface area (Å²) in [5.41, 5.74) is 1.24. The molecular weight excluding hydrogens is 335 g/mol. The zero-order valence-electron chi connectivity index (χ0n) is 12.4.